The zero-order valence-corrected chi connectivity index (χ0v) is 17.2. The fourth-order valence-electron chi connectivity index (χ4n) is 4.68. The first-order valence-electron chi connectivity index (χ1n) is 10.2. The number of hydrogen-bond donors (Lipinski definition) is 2. The summed E-state index contributed by atoms with van der Waals surface area (Å²) < 4.78 is 15.1. The average molecular weight is 411 g/mol. The number of anilines is 2. The molecule has 3 unspecified atom stereocenters. The van der Waals surface area contributed by atoms with Gasteiger partial charge in [0.05, 0.1) is 18.0 Å². The number of likely N-dealkylation sites (tertiary alicyclic amines) is 1. The highest BCUT2D eigenvalue weighted by Gasteiger charge is 2.42. The number of carbonyl (C=O) groups excluding carboxylic acids is 1. The van der Waals surface area contributed by atoms with Crippen LogP contribution in [0.3, 0.4) is 0 Å². The van der Waals surface area contributed by atoms with Crippen molar-refractivity contribution in [2.45, 2.75) is 45.2 Å². The quantitative estimate of drug-likeness (QED) is 0.732. The Bertz CT molecular complexity index is 987. The van der Waals surface area contributed by atoms with Crippen LogP contribution in [-0.2, 0) is 0 Å². The van der Waals surface area contributed by atoms with Gasteiger partial charge < -0.3 is 11.1 Å². The molecule has 2 aromatic heterocycles. The SMILES string of the molecule is CC1(C)CN(C2CCC(n3cc(C(N)=O)c(Nc4ccnc(F)c4)n3)C(C#N)C2)C1. The molecule has 2 fully saturated rings. The molecular weight excluding hydrogens is 385 g/mol. The van der Waals surface area contributed by atoms with Crippen molar-refractivity contribution in [2.75, 3.05) is 18.4 Å². The van der Waals surface area contributed by atoms with Crippen LogP contribution in [-0.4, -0.2) is 44.7 Å². The van der Waals surface area contributed by atoms with Crippen LogP contribution in [0.5, 0.6) is 0 Å². The summed E-state index contributed by atoms with van der Waals surface area (Å²) in [6.45, 7) is 6.64. The van der Waals surface area contributed by atoms with Gasteiger partial charge in [0.25, 0.3) is 5.91 Å². The molecule has 0 bridgehead atoms. The highest BCUT2D eigenvalue weighted by molar-refractivity contribution is 5.98. The molecule has 0 spiro atoms. The first-order chi connectivity index (χ1) is 14.3. The maximum absolute atomic E-state index is 13.4. The number of pyridine rings is 1. The molecule has 1 aliphatic heterocycles. The van der Waals surface area contributed by atoms with E-state index in [1.54, 1.807) is 16.9 Å². The molecule has 2 aromatic rings. The van der Waals surface area contributed by atoms with Crippen LogP contribution in [0.4, 0.5) is 15.9 Å². The Hall–Kier alpha value is -2.99. The van der Waals surface area contributed by atoms with Crippen LogP contribution in [0, 0.1) is 28.6 Å². The molecule has 30 heavy (non-hydrogen) atoms. The fraction of sp³-hybridized carbons (Fsp3) is 0.524. The lowest BCUT2D eigenvalue weighted by atomic mass is 9.77. The third-order valence-electron chi connectivity index (χ3n) is 6.06. The summed E-state index contributed by atoms with van der Waals surface area (Å²) in [6, 6.07) is 5.49. The minimum atomic E-state index is -0.642. The molecule has 9 heteroatoms. The van der Waals surface area contributed by atoms with Crippen LogP contribution in [0.1, 0.15) is 49.5 Å². The molecule has 3 N–H and O–H groups in total. The third-order valence-corrected chi connectivity index (χ3v) is 6.06. The lowest BCUT2D eigenvalue weighted by Crippen LogP contribution is -2.58. The zero-order valence-electron chi connectivity index (χ0n) is 17.2. The number of nitrogens with zero attached hydrogens (tertiary/aromatic N) is 5. The zero-order chi connectivity index (χ0) is 21.5. The van der Waals surface area contributed by atoms with E-state index in [4.69, 9.17) is 5.73 Å². The van der Waals surface area contributed by atoms with Gasteiger partial charge in [0.1, 0.15) is 5.56 Å². The minimum Gasteiger partial charge on any atom is -0.365 e. The summed E-state index contributed by atoms with van der Waals surface area (Å²) in [5.41, 5.74) is 6.50. The second-order valence-corrected chi connectivity index (χ2v) is 9.07. The molecule has 3 atom stereocenters. The van der Waals surface area contributed by atoms with E-state index >= 15 is 0 Å². The van der Waals surface area contributed by atoms with Gasteiger partial charge in [0.15, 0.2) is 5.82 Å². The Balaban J connectivity index is 1.53. The smallest absolute Gasteiger partial charge is 0.254 e. The fourth-order valence-corrected chi connectivity index (χ4v) is 4.68. The van der Waals surface area contributed by atoms with Crippen LogP contribution in [0.25, 0.3) is 0 Å². The first kappa shape index (κ1) is 20.3. The average Bonchev–Trinajstić information content (AvgIpc) is 3.09. The molecule has 1 saturated heterocycles. The summed E-state index contributed by atoms with van der Waals surface area (Å²) in [6.07, 6.45) is 5.46. The Labute approximate surface area is 174 Å². The van der Waals surface area contributed by atoms with Gasteiger partial charge in [-0.3, -0.25) is 14.4 Å². The molecule has 4 rings (SSSR count). The van der Waals surface area contributed by atoms with E-state index in [2.05, 4.69) is 40.2 Å². The molecule has 0 aromatic carbocycles. The third kappa shape index (κ3) is 4.00. The Morgan fingerprint density at radius 2 is 2.17 bits per heavy atom. The van der Waals surface area contributed by atoms with Crippen molar-refractivity contribution in [1.82, 2.24) is 19.7 Å². The van der Waals surface area contributed by atoms with Gasteiger partial charge in [0.2, 0.25) is 5.95 Å². The van der Waals surface area contributed by atoms with Gasteiger partial charge in [0, 0.05) is 43.3 Å². The minimum absolute atomic E-state index is 0.136. The normalized spacial score (nSPS) is 25.9. The van der Waals surface area contributed by atoms with E-state index < -0.39 is 11.9 Å². The predicted octanol–water partition coefficient (Wildman–Crippen LogP) is 2.83. The van der Waals surface area contributed by atoms with Crippen molar-refractivity contribution in [3.05, 3.63) is 36.0 Å². The number of nitrogens with one attached hydrogen (secondary N) is 1. The van der Waals surface area contributed by atoms with Crippen LogP contribution in [0.2, 0.25) is 0 Å². The second-order valence-electron chi connectivity index (χ2n) is 9.07. The number of aromatic nitrogens is 3. The number of rotatable bonds is 5. The molecule has 1 saturated carbocycles. The number of carbonyl (C=O) groups is 1. The largest absolute Gasteiger partial charge is 0.365 e. The highest BCUT2D eigenvalue weighted by atomic mass is 19.1. The summed E-state index contributed by atoms with van der Waals surface area (Å²) in [7, 11) is 0. The lowest BCUT2D eigenvalue weighted by Gasteiger charge is -2.52. The number of hydrogen-bond acceptors (Lipinski definition) is 6. The van der Waals surface area contributed by atoms with E-state index in [-0.39, 0.29) is 23.3 Å². The van der Waals surface area contributed by atoms with E-state index in [1.807, 2.05) is 0 Å². The van der Waals surface area contributed by atoms with Crippen LogP contribution in [0.15, 0.2) is 24.5 Å². The summed E-state index contributed by atoms with van der Waals surface area (Å²) in [5.74, 6) is -1.24. The molecule has 8 nitrogen and oxygen atoms in total. The summed E-state index contributed by atoms with van der Waals surface area (Å²) in [4.78, 5) is 17.9. The van der Waals surface area contributed by atoms with Crippen LogP contribution < -0.4 is 11.1 Å². The van der Waals surface area contributed by atoms with Crippen molar-refractivity contribution in [3.63, 3.8) is 0 Å². The molecule has 1 amide bonds. The molecule has 1 aliphatic carbocycles. The molecular formula is C21H26FN7O. The van der Waals surface area contributed by atoms with Crippen molar-refractivity contribution in [2.24, 2.45) is 17.1 Å². The Kier molecular flexibility index (Phi) is 5.20. The molecule has 0 radical (unpaired) electrons. The van der Waals surface area contributed by atoms with Gasteiger partial charge in [-0.05, 0) is 30.7 Å². The number of nitrogens with two attached hydrogens (primary N) is 1. The predicted molar refractivity (Wildman–Crippen MR) is 109 cm³/mol. The first-order valence-corrected chi connectivity index (χ1v) is 10.2. The topological polar surface area (TPSA) is 113 Å². The van der Waals surface area contributed by atoms with E-state index in [0.29, 0.717) is 17.1 Å². The Morgan fingerprint density at radius 1 is 1.40 bits per heavy atom. The lowest BCUT2D eigenvalue weighted by molar-refractivity contribution is -0.0277. The van der Waals surface area contributed by atoms with Gasteiger partial charge >= 0.3 is 0 Å². The second kappa shape index (κ2) is 7.69. The maximum Gasteiger partial charge on any atom is 0.254 e. The van der Waals surface area contributed by atoms with Crippen molar-refractivity contribution < 1.29 is 9.18 Å². The summed E-state index contributed by atoms with van der Waals surface area (Å²) in [5, 5.41) is 17.2. The number of amides is 1. The van der Waals surface area contributed by atoms with Crippen molar-refractivity contribution in [3.8, 4) is 6.07 Å². The van der Waals surface area contributed by atoms with Crippen molar-refractivity contribution >= 4 is 17.4 Å². The highest BCUT2D eigenvalue weighted by Crippen LogP contribution is 2.40. The van der Waals surface area contributed by atoms with Gasteiger partial charge in [-0.15, -0.1) is 0 Å². The summed E-state index contributed by atoms with van der Waals surface area (Å²) >= 11 is 0. The van der Waals surface area contributed by atoms with Gasteiger partial charge in [-0.25, -0.2) is 4.98 Å². The van der Waals surface area contributed by atoms with Gasteiger partial charge in [-0.1, -0.05) is 13.8 Å². The monoisotopic (exact) mass is 411 g/mol. The number of primary amides is 1. The number of halogens is 1. The molecule has 158 valence electrons. The van der Waals surface area contributed by atoms with E-state index in [1.165, 1.54) is 12.3 Å². The molecule has 3 heterocycles. The van der Waals surface area contributed by atoms with Crippen molar-refractivity contribution in [1.29, 1.82) is 5.26 Å². The maximum atomic E-state index is 13.4. The number of nitriles is 1. The van der Waals surface area contributed by atoms with Gasteiger partial charge in [-0.2, -0.15) is 14.8 Å². The Morgan fingerprint density at radius 3 is 2.80 bits per heavy atom. The standard InChI is InChI=1S/C21H26FN7O/c1-21(2)11-28(12-21)15-3-4-17(13(7-15)9-23)29-10-16(19(24)30)20(27-29)26-14-5-6-25-18(22)8-14/h5-6,8,10,13,15,17H,3-4,7,11-12H2,1-2H3,(H2,24,30)(H,25,26,27). The van der Waals surface area contributed by atoms with Crippen LogP contribution >= 0.6 is 0 Å². The molecule has 2 aliphatic rings. The van der Waals surface area contributed by atoms with E-state index in [0.717, 1.165) is 32.4 Å². The van der Waals surface area contributed by atoms with E-state index in [9.17, 15) is 14.4 Å².